The summed E-state index contributed by atoms with van der Waals surface area (Å²) in [5.41, 5.74) is 1.22. The average Bonchev–Trinajstić information content (AvgIpc) is 2.14. The number of rotatable bonds is 3. The van der Waals surface area contributed by atoms with E-state index in [2.05, 4.69) is 10.6 Å². The minimum Gasteiger partial charge on any atom is -0.325 e. The van der Waals surface area contributed by atoms with Crippen molar-refractivity contribution in [3.8, 4) is 0 Å². The van der Waals surface area contributed by atoms with E-state index in [4.69, 9.17) is 0 Å². The van der Waals surface area contributed by atoms with Crippen molar-refractivity contribution in [1.29, 1.82) is 0 Å². The molecule has 0 atom stereocenters. The van der Waals surface area contributed by atoms with Crippen LogP contribution in [0.3, 0.4) is 0 Å². The predicted molar refractivity (Wildman–Crippen MR) is 66.2 cm³/mol. The standard InChI is InChI=1S/C10H15N3O2.ClH/c1-7-4-8(5-10(15)13(7)3)12-9(14)6-11-2;/h4-5,11H,6H2,1-3H3,(H,12,14);1H. The number of amides is 1. The monoisotopic (exact) mass is 245 g/mol. The highest BCUT2D eigenvalue weighted by Crippen LogP contribution is 2.05. The van der Waals surface area contributed by atoms with Gasteiger partial charge in [0.15, 0.2) is 0 Å². The zero-order valence-corrected chi connectivity index (χ0v) is 10.4. The molecule has 1 aromatic heterocycles. The minimum atomic E-state index is -0.162. The molecule has 0 aliphatic carbocycles. The summed E-state index contributed by atoms with van der Waals surface area (Å²) in [7, 11) is 3.38. The summed E-state index contributed by atoms with van der Waals surface area (Å²) >= 11 is 0. The molecule has 0 radical (unpaired) electrons. The number of hydrogen-bond acceptors (Lipinski definition) is 3. The van der Waals surface area contributed by atoms with E-state index >= 15 is 0 Å². The van der Waals surface area contributed by atoms with E-state index < -0.39 is 0 Å². The molecule has 6 heteroatoms. The van der Waals surface area contributed by atoms with E-state index in [0.717, 1.165) is 5.69 Å². The fourth-order valence-electron chi connectivity index (χ4n) is 1.21. The number of pyridine rings is 1. The van der Waals surface area contributed by atoms with Crippen LogP contribution in [-0.4, -0.2) is 24.1 Å². The van der Waals surface area contributed by atoms with Crippen molar-refractivity contribution in [2.75, 3.05) is 18.9 Å². The maximum absolute atomic E-state index is 11.4. The van der Waals surface area contributed by atoms with Crippen LogP contribution in [0.5, 0.6) is 0 Å². The SMILES string of the molecule is CNCC(=O)Nc1cc(C)n(C)c(=O)c1.Cl. The molecule has 0 aliphatic rings. The van der Waals surface area contributed by atoms with E-state index in [1.165, 1.54) is 10.6 Å². The van der Waals surface area contributed by atoms with Crippen LogP contribution in [-0.2, 0) is 11.8 Å². The highest BCUT2D eigenvalue weighted by molar-refractivity contribution is 5.92. The molecule has 0 unspecified atom stereocenters. The Morgan fingerprint density at radius 1 is 1.44 bits per heavy atom. The van der Waals surface area contributed by atoms with Crippen LogP contribution in [0, 0.1) is 6.92 Å². The average molecular weight is 246 g/mol. The molecule has 5 nitrogen and oxygen atoms in total. The number of nitrogens with zero attached hydrogens (tertiary/aromatic N) is 1. The Morgan fingerprint density at radius 2 is 2.06 bits per heavy atom. The lowest BCUT2D eigenvalue weighted by Crippen LogP contribution is -2.26. The quantitative estimate of drug-likeness (QED) is 0.804. The van der Waals surface area contributed by atoms with Crippen molar-refractivity contribution in [2.24, 2.45) is 7.05 Å². The fourth-order valence-corrected chi connectivity index (χ4v) is 1.21. The van der Waals surface area contributed by atoms with Crippen LogP contribution in [0.1, 0.15) is 5.69 Å². The topological polar surface area (TPSA) is 63.1 Å². The van der Waals surface area contributed by atoms with E-state index in [-0.39, 0.29) is 30.4 Å². The van der Waals surface area contributed by atoms with Gasteiger partial charge in [0, 0.05) is 24.5 Å². The second-order valence-corrected chi connectivity index (χ2v) is 3.36. The first-order chi connectivity index (χ1) is 7.04. The number of aryl methyl sites for hydroxylation is 1. The van der Waals surface area contributed by atoms with Crippen molar-refractivity contribution < 1.29 is 4.79 Å². The van der Waals surface area contributed by atoms with Gasteiger partial charge in [-0.25, -0.2) is 0 Å². The predicted octanol–water partition coefficient (Wildman–Crippen LogP) is 0.273. The van der Waals surface area contributed by atoms with Gasteiger partial charge in [0.1, 0.15) is 0 Å². The summed E-state index contributed by atoms with van der Waals surface area (Å²) in [5.74, 6) is -0.162. The van der Waals surface area contributed by atoms with Crippen LogP contribution in [0.4, 0.5) is 5.69 Å². The fraction of sp³-hybridized carbons (Fsp3) is 0.400. The van der Waals surface area contributed by atoms with E-state index in [1.807, 2.05) is 6.92 Å². The van der Waals surface area contributed by atoms with Crippen LogP contribution in [0.2, 0.25) is 0 Å². The van der Waals surface area contributed by atoms with Crippen molar-refractivity contribution >= 4 is 24.0 Å². The van der Waals surface area contributed by atoms with Gasteiger partial charge in [-0.1, -0.05) is 0 Å². The molecule has 0 fully saturated rings. The summed E-state index contributed by atoms with van der Waals surface area (Å²) in [6, 6.07) is 3.16. The second kappa shape index (κ2) is 6.30. The molecule has 0 spiro atoms. The van der Waals surface area contributed by atoms with Gasteiger partial charge in [-0.2, -0.15) is 0 Å². The number of carbonyl (C=O) groups excluding carboxylic acids is 1. The number of hydrogen-bond donors (Lipinski definition) is 2. The Labute approximate surface area is 100 Å². The summed E-state index contributed by atoms with van der Waals surface area (Å²) in [4.78, 5) is 22.6. The number of aromatic nitrogens is 1. The summed E-state index contributed by atoms with van der Waals surface area (Å²) in [5, 5.41) is 5.37. The molecule has 1 heterocycles. The van der Waals surface area contributed by atoms with Crippen LogP contribution < -0.4 is 16.2 Å². The summed E-state index contributed by atoms with van der Waals surface area (Å²) < 4.78 is 1.52. The first-order valence-electron chi connectivity index (χ1n) is 4.66. The third-order valence-corrected chi connectivity index (χ3v) is 2.12. The molecule has 2 N–H and O–H groups in total. The molecular formula is C10H16ClN3O2. The highest BCUT2D eigenvalue weighted by atomic mass is 35.5. The van der Waals surface area contributed by atoms with Gasteiger partial charge in [0.2, 0.25) is 5.91 Å². The van der Waals surface area contributed by atoms with Gasteiger partial charge in [-0.15, -0.1) is 12.4 Å². The van der Waals surface area contributed by atoms with Gasteiger partial charge in [0.25, 0.3) is 5.56 Å². The Bertz CT molecular complexity index is 429. The first kappa shape index (κ1) is 14.7. The van der Waals surface area contributed by atoms with E-state index in [1.54, 1.807) is 20.2 Å². The zero-order chi connectivity index (χ0) is 11.4. The van der Waals surface area contributed by atoms with E-state index in [9.17, 15) is 9.59 Å². The molecule has 1 aromatic rings. The third-order valence-electron chi connectivity index (χ3n) is 2.12. The molecule has 1 rings (SSSR count). The number of anilines is 1. The van der Waals surface area contributed by atoms with Crippen LogP contribution in [0.15, 0.2) is 16.9 Å². The lowest BCUT2D eigenvalue weighted by molar-refractivity contribution is -0.115. The number of likely N-dealkylation sites (N-methyl/N-ethyl adjacent to an activating group) is 1. The molecule has 16 heavy (non-hydrogen) atoms. The van der Waals surface area contributed by atoms with Gasteiger partial charge in [-0.05, 0) is 20.0 Å². The Balaban J connectivity index is 0.00000225. The Hall–Kier alpha value is -1.33. The van der Waals surface area contributed by atoms with E-state index in [0.29, 0.717) is 5.69 Å². The molecule has 0 bridgehead atoms. The third kappa shape index (κ3) is 3.67. The zero-order valence-electron chi connectivity index (χ0n) is 9.53. The highest BCUT2D eigenvalue weighted by Gasteiger charge is 2.03. The van der Waals surface area contributed by atoms with Gasteiger partial charge < -0.3 is 15.2 Å². The second-order valence-electron chi connectivity index (χ2n) is 3.36. The van der Waals surface area contributed by atoms with Crippen LogP contribution >= 0.6 is 12.4 Å². The molecule has 0 saturated carbocycles. The molecule has 1 amide bonds. The van der Waals surface area contributed by atoms with Gasteiger partial charge in [-0.3, -0.25) is 9.59 Å². The van der Waals surface area contributed by atoms with Crippen molar-refractivity contribution in [2.45, 2.75) is 6.92 Å². The number of carbonyl (C=O) groups is 1. The normalized spacial score (nSPS) is 9.44. The maximum atomic E-state index is 11.4. The number of halogens is 1. The molecule has 0 aliphatic heterocycles. The maximum Gasteiger partial charge on any atom is 0.252 e. The lowest BCUT2D eigenvalue weighted by Gasteiger charge is -2.08. The van der Waals surface area contributed by atoms with Crippen molar-refractivity contribution in [3.63, 3.8) is 0 Å². The summed E-state index contributed by atoms with van der Waals surface area (Å²) in [6.07, 6.45) is 0. The molecule has 90 valence electrons. The van der Waals surface area contributed by atoms with Gasteiger partial charge in [0.05, 0.1) is 6.54 Å². The largest absolute Gasteiger partial charge is 0.325 e. The molecule has 0 aromatic carbocycles. The lowest BCUT2D eigenvalue weighted by atomic mass is 10.3. The minimum absolute atomic E-state index is 0. The van der Waals surface area contributed by atoms with Gasteiger partial charge >= 0.3 is 0 Å². The Morgan fingerprint density at radius 3 is 2.56 bits per heavy atom. The first-order valence-corrected chi connectivity index (χ1v) is 4.66. The summed E-state index contributed by atoms with van der Waals surface area (Å²) in [6.45, 7) is 2.05. The number of nitrogens with one attached hydrogen (secondary N) is 2. The molecule has 0 saturated heterocycles. The van der Waals surface area contributed by atoms with Crippen molar-refractivity contribution in [1.82, 2.24) is 9.88 Å². The Kier molecular flexibility index (Phi) is 5.77. The van der Waals surface area contributed by atoms with Crippen LogP contribution in [0.25, 0.3) is 0 Å². The smallest absolute Gasteiger partial charge is 0.252 e. The molecular weight excluding hydrogens is 230 g/mol. The van der Waals surface area contributed by atoms with Crippen molar-refractivity contribution in [3.05, 3.63) is 28.2 Å².